The maximum absolute atomic E-state index is 12.6. The Morgan fingerprint density at radius 2 is 1.80 bits per heavy atom. The predicted octanol–water partition coefficient (Wildman–Crippen LogP) is 4.92. The van der Waals surface area contributed by atoms with E-state index in [1.54, 1.807) is 0 Å². The number of rotatable bonds is 4. The van der Waals surface area contributed by atoms with Gasteiger partial charge in [0.1, 0.15) is 0 Å². The van der Waals surface area contributed by atoms with Crippen LogP contribution in [-0.4, -0.2) is 20.6 Å². The van der Waals surface area contributed by atoms with Crippen molar-refractivity contribution in [2.24, 2.45) is 0 Å². The van der Waals surface area contributed by atoms with E-state index in [0.717, 1.165) is 34.1 Å². The summed E-state index contributed by atoms with van der Waals surface area (Å²) in [6.45, 7) is 8.60. The average molecular weight is 354 g/mol. The maximum atomic E-state index is 12.6. The second-order valence-corrected chi connectivity index (χ2v) is 7.66. The van der Waals surface area contributed by atoms with Crippen LogP contribution in [0.25, 0.3) is 6.08 Å². The summed E-state index contributed by atoms with van der Waals surface area (Å²) in [5.74, 6) is -0.217. The Morgan fingerprint density at radius 1 is 1.12 bits per heavy atom. The monoisotopic (exact) mass is 354 g/mol. The number of imide groups is 1. The lowest BCUT2D eigenvalue weighted by Gasteiger charge is -2.12. The molecule has 25 heavy (non-hydrogen) atoms. The first-order valence-electron chi connectivity index (χ1n) is 8.34. The zero-order valence-electron chi connectivity index (χ0n) is 14.9. The number of aryl methyl sites for hydroxylation is 2. The third kappa shape index (κ3) is 3.71. The van der Waals surface area contributed by atoms with E-state index >= 15 is 0 Å². The van der Waals surface area contributed by atoms with E-state index in [2.05, 4.69) is 18.4 Å². The number of carbonyl (C=O) groups excluding carboxylic acids is 2. The van der Waals surface area contributed by atoms with Gasteiger partial charge < -0.3 is 4.57 Å². The van der Waals surface area contributed by atoms with Crippen molar-refractivity contribution in [1.82, 2.24) is 9.47 Å². The first-order valence-corrected chi connectivity index (χ1v) is 9.16. The SMILES string of the molecule is Cc1ccc(CN2C(=O)S/C(=C/c3cc(C)n(C(C)C)c3)C2=O)cc1. The van der Waals surface area contributed by atoms with Crippen LogP contribution in [-0.2, 0) is 11.3 Å². The van der Waals surface area contributed by atoms with Crippen LogP contribution in [0.3, 0.4) is 0 Å². The van der Waals surface area contributed by atoms with Gasteiger partial charge in [0.05, 0.1) is 11.4 Å². The summed E-state index contributed by atoms with van der Waals surface area (Å²) in [5, 5.41) is -0.211. The largest absolute Gasteiger partial charge is 0.349 e. The number of benzene rings is 1. The van der Waals surface area contributed by atoms with Gasteiger partial charge in [-0.15, -0.1) is 0 Å². The molecule has 0 radical (unpaired) electrons. The summed E-state index contributed by atoms with van der Waals surface area (Å²) in [6, 6.07) is 10.3. The smallest absolute Gasteiger partial charge is 0.293 e. The topological polar surface area (TPSA) is 42.3 Å². The van der Waals surface area contributed by atoms with Crippen molar-refractivity contribution in [3.05, 3.63) is 63.8 Å². The molecule has 0 bridgehead atoms. The molecular formula is C20H22N2O2S. The molecule has 2 amide bonds. The van der Waals surface area contributed by atoms with Gasteiger partial charge >= 0.3 is 0 Å². The molecule has 2 aromatic rings. The lowest BCUT2D eigenvalue weighted by molar-refractivity contribution is -0.123. The molecule has 0 saturated carbocycles. The zero-order chi connectivity index (χ0) is 18.1. The lowest BCUT2D eigenvalue weighted by Crippen LogP contribution is -2.27. The highest BCUT2D eigenvalue weighted by atomic mass is 32.2. The van der Waals surface area contributed by atoms with Crippen LogP contribution in [0.5, 0.6) is 0 Å². The van der Waals surface area contributed by atoms with E-state index in [-0.39, 0.29) is 11.1 Å². The number of amides is 2. The zero-order valence-corrected chi connectivity index (χ0v) is 15.8. The molecule has 1 aromatic heterocycles. The molecule has 1 fully saturated rings. The standard InChI is InChI=1S/C20H22N2O2S/c1-13(2)21-12-17(9-15(21)4)10-18-19(23)22(20(24)25-18)11-16-7-5-14(3)6-8-16/h5-10,12-13H,11H2,1-4H3/b18-10+. The maximum Gasteiger partial charge on any atom is 0.293 e. The highest BCUT2D eigenvalue weighted by Crippen LogP contribution is 2.33. The Hall–Kier alpha value is -2.27. The minimum Gasteiger partial charge on any atom is -0.349 e. The number of hydrogen-bond acceptors (Lipinski definition) is 3. The fourth-order valence-electron chi connectivity index (χ4n) is 2.91. The minimum absolute atomic E-state index is 0.211. The van der Waals surface area contributed by atoms with E-state index in [1.165, 1.54) is 4.90 Å². The van der Waals surface area contributed by atoms with Gasteiger partial charge in [-0.25, -0.2) is 0 Å². The molecule has 3 rings (SSSR count). The molecule has 1 aliphatic rings. The first-order chi connectivity index (χ1) is 11.8. The van der Waals surface area contributed by atoms with Crippen LogP contribution in [0.2, 0.25) is 0 Å². The van der Waals surface area contributed by atoms with E-state index in [9.17, 15) is 9.59 Å². The number of aromatic nitrogens is 1. The molecule has 5 heteroatoms. The molecular weight excluding hydrogens is 332 g/mol. The van der Waals surface area contributed by atoms with Crippen LogP contribution in [0.15, 0.2) is 41.4 Å². The molecule has 0 aliphatic carbocycles. The number of hydrogen-bond donors (Lipinski definition) is 0. The van der Waals surface area contributed by atoms with Crippen LogP contribution in [0.1, 0.15) is 42.3 Å². The fourth-order valence-corrected chi connectivity index (χ4v) is 3.75. The summed E-state index contributed by atoms with van der Waals surface area (Å²) in [7, 11) is 0. The third-order valence-corrected chi connectivity index (χ3v) is 5.17. The summed E-state index contributed by atoms with van der Waals surface area (Å²) >= 11 is 1.01. The minimum atomic E-state index is -0.217. The summed E-state index contributed by atoms with van der Waals surface area (Å²) in [4.78, 5) is 26.7. The highest BCUT2D eigenvalue weighted by molar-refractivity contribution is 8.18. The van der Waals surface area contributed by atoms with Crippen molar-refractivity contribution >= 4 is 29.0 Å². The highest BCUT2D eigenvalue weighted by Gasteiger charge is 2.35. The lowest BCUT2D eigenvalue weighted by atomic mass is 10.1. The average Bonchev–Trinajstić information content (AvgIpc) is 3.04. The Kier molecular flexibility index (Phi) is 4.86. The molecule has 0 spiro atoms. The van der Waals surface area contributed by atoms with Crippen molar-refractivity contribution in [2.45, 2.75) is 40.3 Å². The molecule has 0 N–H and O–H groups in total. The van der Waals surface area contributed by atoms with Crippen LogP contribution < -0.4 is 0 Å². The van der Waals surface area contributed by atoms with Gasteiger partial charge in [0.15, 0.2) is 0 Å². The Bertz CT molecular complexity index is 847. The summed E-state index contributed by atoms with van der Waals surface area (Å²) in [6.07, 6.45) is 3.83. The van der Waals surface area contributed by atoms with Crippen molar-refractivity contribution in [3.8, 4) is 0 Å². The molecule has 1 saturated heterocycles. The molecule has 130 valence electrons. The van der Waals surface area contributed by atoms with Gasteiger partial charge in [-0.05, 0) is 62.7 Å². The van der Waals surface area contributed by atoms with Crippen molar-refractivity contribution in [2.75, 3.05) is 0 Å². The number of nitrogens with zero attached hydrogens (tertiary/aromatic N) is 2. The molecule has 1 aliphatic heterocycles. The van der Waals surface area contributed by atoms with Crippen molar-refractivity contribution in [3.63, 3.8) is 0 Å². The molecule has 1 aromatic carbocycles. The Morgan fingerprint density at radius 3 is 2.40 bits per heavy atom. The van der Waals surface area contributed by atoms with Gasteiger partial charge in [0.2, 0.25) is 0 Å². The van der Waals surface area contributed by atoms with Crippen LogP contribution >= 0.6 is 11.8 Å². The Balaban J connectivity index is 1.80. The normalized spacial score (nSPS) is 16.5. The van der Waals surface area contributed by atoms with Gasteiger partial charge in [0, 0.05) is 17.9 Å². The van der Waals surface area contributed by atoms with E-state index in [0.29, 0.717) is 17.5 Å². The second kappa shape index (κ2) is 6.92. The van der Waals surface area contributed by atoms with Crippen molar-refractivity contribution < 1.29 is 9.59 Å². The number of carbonyl (C=O) groups is 2. The summed E-state index contributed by atoms with van der Waals surface area (Å²) in [5.41, 5.74) is 4.20. The number of thioether (sulfide) groups is 1. The molecule has 0 atom stereocenters. The summed E-state index contributed by atoms with van der Waals surface area (Å²) < 4.78 is 2.16. The van der Waals surface area contributed by atoms with Gasteiger partial charge in [-0.3, -0.25) is 14.5 Å². The van der Waals surface area contributed by atoms with Gasteiger partial charge in [-0.2, -0.15) is 0 Å². The van der Waals surface area contributed by atoms with E-state index < -0.39 is 0 Å². The fraction of sp³-hybridized carbons (Fsp3) is 0.300. The van der Waals surface area contributed by atoms with Crippen LogP contribution in [0, 0.1) is 13.8 Å². The molecule has 2 heterocycles. The van der Waals surface area contributed by atoms with E-state index in [1.807, 2.05) is 56.5 Å². The van der Waals surface area contributed by atoms with Crippen LogP contribution in [0.4, 0.5) is 4.79 Å². The second-order valence-electron chi connectivity index (χ2n) is 6.67. The van der Waals surface area contributed by atoms with Crippen molar-refractivity contribution in [1.29, 1.82) is 0 Å². The Labute approximate surface area is 152 Å². The molecule has 0 unspecified atom stereocenters. The quantitative estimate of drug-likeness (QED) is 0.732. The third-order valence-electron chi connectivity index (χ3n) is 4.26. The molecule has 4 nitrogen and oxygen atoms in total. The predicted molar refractivity (Wildman–Crippen MR) is 102 cm³/mol. The first kappa shape index (κ1) is 17.5. The van der Waals surface area contributed by atoms with Gasteiger partial charge in [-0.1, -0.05) is 29.8 Å². The van der Waals surface area contributed by atoms with Gasteiger partial charge in [0.25, 0.3) is 11.1 Å². The van der Waals surface area contributed by atoms with E-state index in [4.69, 9.17) is 0 Å².